The van der Waals surface area contributed by atoms with Crippen molar-refractivity contribution in [3.63, 3.8) is 0 Å². The third-order valence-corrected chi connectivity index (χ3v) is 4.19. The number of hydrogen-bond donors (Lipinski definition) is 0. The van der Waals surface area contributed by atoms with E-state index in [1.54, 1.807) is 26.0 Å². The highest BCUT2D eigenvalue weighted by atomic mass is 35.5. The van der Waals surface area contributed by atoms with Crippen LogP contribution >= 0.6 is 23.2 Å². The summed E-state index contributed by atoms with van der Waals surface area (Å²) in [5.74, 6) is -1.38. The van der Waals surface area contributed by atoms with Crippen molar-refractivity contribution < 1.29 is 28.7 Å². The maximum Gasteiger partial charge on any atom is 0.338 e. The van der Waals surface area contributed by atoms with Crippen LogP contribution in [0.5, 0.6) is 0 Å². The molecular weight excluding hydrogens is 407 g/mol. The van der Waals surface area contributed by atoms with E-state index in [0.29, 0.717) is 11.1 Å². The Balaban J connectivity index is 2.58. The molecule has 0 fully saturated rings. The maximum atomic E-state index is 12.2. The number of carbonyl (C=O) groups is 4. The van der Waals surface area contributed by atoms with Crippen molar-refractivity contribution in [1.82, 2.24) is 0 Å². The van der Waals surface area contributed by atoms with Gasteiger partial charge in [0.05, 0.1) is 24.3 Å². The van der Waals surface area contributed by atoms with E-state index in [1.165, 1.54) is 24.3 Å². The van der Waals surface area contributed by atoms with E-state index < -0.39 is 22.4 Å². The Morgan fingerprint density at radius 2 is 1.11 bits per heavy atom. The van der Waals surface area contributed by atoms with Crippen LogP contribution in [0.15, 0.2) is 36.4 Å². The van der Waals surface area contributed by atoms with Gasteiger partial charge in [0.1, 0.15) is 0 Å². The second kappa shape index (κ2) is 9.48. The molecule has 0 atom stereocenters. The molecule has 28 heavy (non-hydrogen) atoms. The molecule has 0 bridgehead atoms. The Morgan fingerprint density at radius 3 is 1.57 bits per heavy atom. The normalized spacial score (nSPS) is 10.3. The highest BCUT2D eigenvalue weighted by Crippen LogP contribution is 2.27. The number of ether oxygens (including phenoxy) is 2. The average molecular weight is 423 g/mol. The summed E-state index contributed by atoms with van der Waals surface area (Å²) < 4.78 is 9.88. The third-order valence-electron chi connectivity index (χ3n) is 3.79. The van der Waals surface area contributed by atoms with Crippen LogP contribution in [0.2, 0.25) is 0 Å². The Labute approximate surface area is 171 Å². The average Bonchev–Trinajstić information content (AvgIpc) is 2.67. The van der Waals surface area contributed by atoms with Gasteiger partial charge in [0.25, 0.3) is 10.5 Å². The Hall–Kier alpha value is -2.70. The van der Waals surface area contributed by atoms with Crippen molar-refractivity contribution in [2.24, 2.45) is 0 Å². The number of esters is 2. The van der Waals surface area contributed by atoms with E-state index >= 15 is 0 Å². The predicted molar refractivity (Wildman–Crippen MR) is 104 cm³/mol. The van der Waals surface area contributed by atoms with Crippen molar-refractivity contribution in [1.29, 1.82) is 0 Å². The minimum Gasteiger partial charge on any atom is -0.462 e. The highest BCUT2D eigenvalue weighted by molar-refractivity contribution is 6.68. The Morgan fingerprint density at radius 1 is 0.679 bits per heavy atom. The summed E-state index contributed by atoms with van der Waals surface area (Å²) in [6, 6.07) is 8.76. The molecule has 8 heteroatoms. The van der Waals surface area contributed by atoms with Crippen LogP contribution in [0.25, 0.3) is 11.1 Å². The fraction of sp³-hybridized carbons (Fsp3) is 0.200. The molecule has 0 aromatic heterocycles. The molecular formula is C20H16Cl2O6. The lowest BCUT2D eigenvalue weighted by Crippen LogP contribution is -2.11. The van der Waals surface area contributed by atoms with Gasteiger partial charge in [-0.25, -0.2) is 9.59 Å². The van der Waals surface area contributed by atoms with Gasteiger partial charge in [-0.15, -0.1) is 0 Å². The molecule has 0 radical (unpaired) electrons. The maximum absolute atomic E-state index is 12.2. The fourth-order valence-corrected chi connectivity index (χ4v) is 2.87. The second-order valence-electron chi connectivity index (χ2n) is 5.51. The standard InChI is InChI=1S/C20H16Cl2O6/c1-3-27-19(25)14-8-6-11(9-15(14)18(22)24)12-5-7-13(17(21)23)16(10-12)20(26)28-4-2/h5-10H,3-4H2,1-2H3. The summed E-state index contributed by atoms with van der Waals surface area (Å²) in [4.78, 5) is 47.6. The molecule has 2 aromatic carbocycles. The summed E-state index contributed by atoms with van der Waals surface area (Å²) in [5.41, 5.74) is 0.986. The van der Waals surface area contributed by atoms with Gasteiger partial charge >= 0.3 is 11.9 Å². The van der Waals surface area contributed by atoms with Gasteiger partial charge in [-0.2, -0.15) is 0 Å². The fourth-order valence-electron chi connectivity index (χ4n) is 2.55. The quantitative estimate of drug-likeness (QED) is 0.483. The van der Waals surface area contributed by atoms with Crippen LogP contribution < -0.4 is 0 Å². The minimum absolute atomic E-state index is 0.000605. The number of hydrogen-bond acceptors (Lipinski definition) is 6. The Bertz CT molecular complexity index is 952. The van der Waals surface area contributed by atoms with Crippen LogP contribution in [0.3, 0.4) is 0 Å². The molecule has 0 saturated heterocycles. The van der Waals surface area contributed by atoms with Crippen LogP contribution in [0.4, 0.5) is 0 Å². The van der Waals surface area contributed by atoms with Crippen molar-refractivity contribution in [3.8, 4) is 11.1 Å². The first-order valence-corrected chi connectivity index (χ1v) is 9.08. The SMILES string of the molecule is CCOC(=O)c1ccc(-c2ccc(C(=O)Cl)c(C(=O)OCC)c2)cc1C(=O)Cl. The molecule has 146 valence electrons. The van der Waals surface area contributed by atoms with E-state index in [4.69, 9.17) is 32.7 Å². The van der Waals surface area contributed by atoms with Gasteiger partial charge in [0.15, 0.2) is 0 Å². The van der Waals surface area contributed by atoms with Gasteiger partial charge < -0.3 is 9.47 Å². The number of benzene rings is 2. The monoisotopic (exact) mass is 422 g/mol. The van der Waals surface area contributed by atoms with Gasteiger partial charge in [0.2, 0.25) is 0 Å². The van der Waals surface area contributed by atoms with E-state index in [9.17, 15) is 19.2 Å². The van der Waals surface area contributed by atoms with E-state index in [-0.39, 0.29) is 35.5 Å². The van der Waals surface area contributed by atoms with Crippen molar-refractivity contribution in [2.45, 2.75) is 13.8 Å². The molecule has 0 saturated carbocycles. The van der Waals surface area contributed by atoms with Crippen LogP contribution in [0.1, 0.15) is 55.3 Å². The molecule has 0 aliphatic carbocycles. The van der Waals surface area contributed by atoms with Gasteiger partial charge in [-0.05, 0) is 72.4 Å². The predicted octanol–water partition coefficient (Wildman–Crippen LogP) is 4.47. The van der Waals surface area contributed by atoms with E-state index in [0.717, 1.165) is 0 Å². The first kappa shape index (κ1) is 21.6. The smallest absolute Gasteiger partial charge is 0.338 e. The topological polar surface area (TPSA) is 86.7 Å². The number of carbonyl (C=O) groups excluding carboxylic acids is 4. The minimum atomic E-state index is -0.830. The van der Waals surface area contributed by atoms with E-state index in [2.05, 4.69) is 0 Å². The molecule has 0 aliphatic heterocycles. The molecule has 0 N–H and O–H groups in total. The zero-order valence-electron chi connectivity index (χ0n) is 15.1. The van der Waals surface area contributed by atoms with Crippen molar-refractivity contribution >= 4 is 45.6 Å². The molecule has 2 rings (SSSR count). The lowest BCUT2D eigenvalue weighted by Gasteiger charge is -2.11. The zero-order valence-corrected chi connectivity index (χ0v) is 16.6. The second-order valence-corrected chi connectivity index (χ2v) is 6.20. The van der Waals surface area contributed by atoms with Crippen LogP contribution in [0, 0.1) is 0 Å². The number of rotatable bonds is 7. The summed E-state index contributed by atoms with van der Waals surface area (Å²) in [6.07, 6.45) is 0. The summed E-state index contributed by atoms with van der Waals surface area (Å²) in [7, 11) is 0. The third kappa shape index (κ3) is 4.77. The van der Waals surface area contributed by atoms with Crippen LogP contribution in [-0.4, -0.2) is 35.6 Å². The summed E-state index contributed by atoms with van der Waals surface area (Å²) in [5, 5.41) is -1.63. The molecule has 0 unspecified atom stereocenters. The van der Waals surface area contributed by atoms with Gasteiger partial charge in [0, 0.05) is 11.1 Å². The lowest BCUT2D eigenvalue weighted by atomic mass is 9.96. The van der Waals surface area contributed by atoms with E-state index in [1.807, 2.05) is 0 Å². The van der Waals surface area contributed by atoms with Gasteiger partial charge in [-0.1, -0.05) is 12.1 Å². The largest absolute Gasteiger partial charge is 0.462 e. The lowest BCUT2D eigenvalue weighted by molar-refractivity contribution is 0.0515. The molecule has 0 heterocycles. The highest BCUT2D eigenvalue weighted by Gasteiger charge is 2.21. The summed E-state index contributed by atoms with van der Waals surface area (Å²) >= 11 is 11.2. The van der Waals surface area contributed by atoms with Gasteiger partial charge in [-0.3, -0.25) is 9.59 Å². The molecule has 6 nitrogen and oxygen atoms in total. The zero-order chi connectivity index (χ0) is 20.8. The number of halogens is 2. The first-order chi connectivity index (χ1) is 13.3. The van der Waals surface area contributed by atoms with Crippen LogP contribution in [-0.2, 0) is 9.47 Å². The first-order valence-electron chi connectivity index (χ1n) is 8.32. The Kier molecular flexibility index (Phi) is 7.31. The van der Waals surface area contributed by atoms with Crippen molar-refractivity contribution in [2.75, 3.05) is 13.2 Å². The molecule has 0 aliphatic rings. The van der Waals surface area contributed by atoms with Crippen molar-refractivity contribution in [3.05, 3.63) is 58.7 Å². The molecule has 0 spiro atoms. The summed E-state index contributed by atoms with van der Waals surface area (Å²) in [6.45, 7) is 3.55. The molecule has 2 aromatic rings. The molecule has 0 amide bonds.